The van der Waals surface area contributed by atoms with E-state index in [0.29, 0.717) is 19.5 Å². The molecular weight excluding hydrogens is 304 g/mol. The van der Waals surface area contributed by atoms with Crippen LogP contribution in [0.2, 0.25) is 0 Å². The summed E-state index contributed by atoms with van der Waals surface area (Å²) in [4.78, 5) is 16.1. The predicted molar refractivity (Wildman–Crippen MR) is 91.7 cm³/mol. The fourth-order valence-corrected chi connectivity index (χ4v) is 2.85. The molecule has 0 aliphatic heterocycles. The summed E-state index contributed by atoms with van der Waals surface area (Å²) >= 11 is 0. The maximum Gasteiger partial charge on any atom is 0.314 e. The summed E-state index contributed by atoms with van der Waals surface area (Å²) in [5.41, 5.74) is 0.528. The predicted octanol–water partition coefficient (Wildman–Crippen LogP) is 1.69. The molecule has 0 radical (unpaired) electrons. The molecule has 0 unspecified atom stereocenters. The second kappa shape index (κ2) is 7.49. The summed E-state index contributed by atoms with van der Waals surface area (Å²) < 4.78 is 2.09. The fourth-order valence-electron chi connectivity index (χ4n) is 2.85. The molecule has 0 saturated heterocycles. The molecule has 0 bridgehead atoms. The van der Waals surface area contributed by atoms with E-state index in [1.54, 1.807) is 6.20 Å². The van der Waals surface area contributed by atoms with Crippen molar-refractivity contribution in [3.63, 3.8) is 0 Å². The largest absolute Gasteiger partial charge is 0.388 e. The number of carbonyl (C=O) groups is 1. The molecule has 0 spiro atoms. The molecule has 24 heavy (non-hydrogen) atoms. The molecule has 3 N–H and O–H groups in total. The first-order valence-corrected chi connectivity index (χ1v) is 8.43. The summed E-state index contributed by atoms with van der Waals surface area (Å²) in [6.07, 6.45) is 6.97. The molecule has 0 atom stereocenters. The van der Waals surface area contributed by atoms with Gasteiger partial charge in [0.15, 0.2) is 0 Å². The van der Waals surface area contributed by atoms with E-state index in [-0.39, 0.29) is 6.03 Å². The summed E-state index contributed by atoms with van der Waals surface area (Å²) in [6.45, 7) is 1.60. The Labute approximate surface area is 141 Å². The van der Waals surface area contributed by atoms with Crippen LogP contribution < -0.4 is 10.6 Å². The van der Waals surface area contributed by atoms with Crippen LogP contribution in [0.4, 0.5) is 4.79 Å². The first kappa shape index (κ1) is 16.5. The smallest absolute Gasteiger partial charge is 0.314 e. The topological polar surface area (TPSA) is 79.2 Å². The van der Waals surface area contributed by atoms with Gasteiger partial charge in [-0.15, -0.1) is 0 Å². The number of nitrogens with zero attached hydrogens (tertiary/aromatic N) is 2. The first-order chi connectivity index (χ1) is 11.6. The third-order valence-corrected chi connectivity index (χ3v) is 4.49. The molecule has 1 aliphatic carbocycles. The molecule has 1 heterocycles. The molecule has 128 valence electrons. The van der Waals surface area contributed by atoms with E-state index in [9.17, 15) is 9.90 Å². The Balaban J connectivity index is 1.42. The van der Waals surface area contributed by atoms with Crippen LogP contribution in [0.1, 0.15) is 30.7 Å². The summed E-state index contributed by atoms with van der Waals surface area (Å²) in [7, 11) is 0. The van der Waals surface area contributed by atoms with Gasteiger partial charge >= 0.3 is 6.03 Å². The number of aromatic nitrogens is 2. The van der Waals surface area contributed by atoms with Crippen molar-refractivity contribution in [1.29, 1.82) is 0 Å². The van der Waals surface area contributed by atoms with Crippen molar-refractivity contribution >= 4 is 6.03 Å². The van der Waals surface area contributed by atoms with Crippen LogP contribution in [0.15, 0.2) is 42.7 Å². The van der Waals surface area contributed by atoms with Gasteiger partial charge in [-0.1, -0.05) is 30.3 Å². The van der Waals surface area contributed by atoms with Crippen molar-refractivity contribution in [2.75, 3.05) is 13.1 Å². The third-order valence-electron chi connectivity index (χ3n) is 4.49. The number of urea groups is 1. The second-order valence-corrected chi connectivity index (χ2v) is 6.39. The van der Waals surface area contributed by atoms with Gasteiger partial charge in [0.05, 0.1) is 5.60 Å². The van der Waals surface area contributed by atoms with Crippen LogP contribution in [0.25, 0.3) is 0 Å². The van der Waals surface area contributed by atoms with Crippen LogP contribution in [0.3, 0.4) is 0 Å². The van der Waals surface area contributed by atoms with Crippen LogP contribution in [-0.2, 0) is 13.0 Å². The first-order valence-electron chi connectivity index (χ1n) is 8.43. The zero-order valence-electron chi connectivity index (χ0n) is 13.7. The minimum absolute atomic E-state index is 0.239. The molecule has 6 nitrogen and oxygen atoms in total. The van der Waals surface area contributed by atoms with Crippen LogP contribution in [0, 0.1) is 0 Å². The van der Waals surface area contributed by atoms with E-state index < -0.39 is 5.60 Å². The Morgan fingerprint density at radius 1 is 1.25 bits per heavy atom. The van der Waals surface area contributed by atoms with Crippen molar-refractivity contribution in [1.82, 2.24) is 20.2 Å². The number of carbonyl (C=O) groups excluding carboxylic acids is 1. The van der Waals surface area contributed by atoms with Gasteiger partial charge in [-0.05, 0) is 24.8 Å². The highest BCUT2D eigenvalue weighted by Gasteiger charge is 2.34. The zero-order valence-corrected chi connectivity index (χ0v) is 13.7. The normalized spacial score (nSPS) is 15.5. The average molecular weight is 328 g/mol. The molecule has 1 aromatic heterocycles. The SMILES string of the molecule is O=C(NCCc1nccn1Cc1ccccc1)NCC1(O)CCC1. The lowest BCUT2D eigenvalue weighted by Crippen LogP contribution is -2.50. The van der Waals surface area contributed by atoms with Crippen molar-refractivity contribution in [3.8, 4) is 0 Å². The Bertz CT molecular complexity index is 665. The maximum atomic E-state index is 11.8. The summed E-state index contributed by atoms with van der Waals surface area (Å²) in [6, 6.07) is 9.97. The minimum atomic E-state index is -0.691. The van der Waals surface area contributed by atoms with Gasteiger partial charge in [-0.2, -0.15) is 0 Å². The molecule has 1 aromatic carbocycles. The number of rotatable bonds is 7. The standard InChI is InChI=1S/C18H24N4O2/c23-17(21-14-18(24)8-4-9-18)20-10-7-16-19-11-12-22(16)13-15-5-2-1-3-6-15/h1-3,5-6,11-12,24H,4,7-10,13-14H2,(H2,20,21,23). The van der Waals surface area contributed by atoms with E-state index in [0.717, 1.165) is 31.6 Å². The maximum absolute atomic E-state index is 11.8. The van der Waals surface area contributed by atoms with Gasteiger partial charge in [-0.3, -0.25) is 0 Å². The van der Waals surface area contributed by atoms with Gasteiger partial charge in [0.2, 0.25) is 0 Å². The number of hydrogen-bond donors (Lipinski definition) is 3. The van der Waals surface area contributed by atoms with Crippen molar-refractivity contribution in [2.45, 2.75) is 37.8 Å². The highest BCUT2D eigenvalue weighted by molar-refractivity contribution is 5.73. The monoisotopic (exact) mass is 328 g/mol. The lowest BCUT2D eigenvalue weighted by molar-refractivity contribution is -0.0290. The van der Waals surface area contributed by atoms with Gasteiger partial charge < -0.3 is 20.3 Å². The molecule has 2 amide bonds. The quantitative estimate of drug-likeness (QED) is 0.724. The highest BCUT2D eigenvalue weighted by Crippen LogP contribution is 2.30. The van der Waals surface area contributed by atoms with E-state index in [4.69, 9.17) is 0 Å². The lowest BCUT2D eigenvalue weighted by Gasteiger charge is -2.36. The Morgan fingerprint density at radius 2 is 2.04 bits per heavy atom. The van der Waals surface area contributed by atoms with Crippen molar-refractivity contribution < 1.29 is 9.90 Å². The number of nitrogens with one attached hydrogen (secondary N) is 2. The molecule has 1 aliphatic rings. The summed E-state index contributed by atoms with van der Waals surface area (Å²) in [5.74, 6) is 0.941. The van der Waals surface area contributed by atoms with Crippen LogP contribution >= 0.6 is 0 Å². The minimum Gasteiger partial charge on any atom is -0.388 e. The molecular formula is C18H24N4O2. The Hall–Kier alpha value is -2.34. The molecule has 3 rings (SSSR count). The van der Waals surface area contributed by atoms with Crippen LogP contribution in [0.5, 0.6) is 0 Å². The lowest BCUT2D eigenvalue weighted by atomic mass is 9.80. The van der Waals surface area contributed by atoms with Gasteiger partial charge in [0.1, 0.15) is 5.82 Å². The number of imidazole rings is 1. The third kappa shape index (κ3) is 4.35. The van der Waals surface area contributed by atoms with Crippen molar-refractivity contribution in [2.24, 2.45) is 0 Å². The van der Waals surface area contributed by atoms with Gasteiger partial charge in [0.25, 0.3) is 0 Å². The van der Waals surface area contributed by atoms with Gasteiger partial charge in [0, 0.05) is 38.4 Å². The number of benzene rings is 1. The number of aliphatic hydroxyl groups is 1. The van der Waals surface area contributed by atoms with Crippen molar-refractivity contribution in [3.05, 3.63) is 54.1 Å². The van der Waals surface area contributed by atoms with Gasteiger partial charge in [-0.25, -0.2) is 9.78 Å². The van der Waals surface area contributed by atoms with E-state index >= 15 is 0 Å². The number of hydrogen-bond acceptors (Lipinski definition) is 3. The average Bonchev–Trinajstić information content (AvgIpc) is 2.99. The Kier molecular flexibility index (Phi) is 5.15. The molecule has 6 heteroatoms. The highest BCUT2D eigenvalue weighted by atomic mass is 16.3. The molecule has 2 aromatic rings. The molecule has 1 fully saturated rings. The second-order valence-electron chi connectivity index (χ2n) is 6.39. The van der Waals surface area contributed by atoms with E-state index in [2.05, 4.69) is 32.3 Å². The fraction of sp³-hybridized carbons (Fsp3) is 0.444. The van der Waals surface area contributed by atoms with E-state index in [1.165, 1.54) is 5.56 Å². The van der Waals surface area contributed by atoms with Crippen LogP contribution in [-0.4, -0.2) is 39.4 Å². The summed E-state index contributed by atoms with van der Waals surface area (Å²) in [5, 5.41) is 15.5. The number of amides is 2. The zero-order chi connectivity index (χ0) is 16.8. The molecule has 1 saturated carbocycles. The Morgan fingerprint density at radius 3 is 2.75 bits per heavy atom. The van der Waals surface area contributed by atoms with E-state index in [1.807, 2.05) is 24.4 Å².